The summed E-state index contributed by atoms with van der Waals surface area (Å²) in [5.74, 6) is 0.701. The van der Waals surface area contributed by atoms with Gasteiger partial charge in [0.2, 0.25) is 5.91 Å². The van der Waals surface area contributed by atoms with Crippen LogP contribution in [0.4, 0.5) is 0 Å². The number of ether oxygens (including phenoxy) is 1. The van der Waals surface area contributed by atoms with E-state index in [9.17, 15) is 4.79 Å². The van der Waals surface area contributed by atoms with Crippen LogP contribution in [0, 0.1) is 5.92 Å². The highest BCUT2D eigenvalue weighted by Crippen LogP contribution is 2.28. The van der Waals surface area contributed by atoms with Crippen molar-refractivity contribution in [3.05, 3.63) is 0 Å². The van der Waals surface area contributed by atoms with Crippen LogP contribution in [0.15, 0.2) is 0 Å². The van der Waals surface area contributed by atoms with Crippen LogP contribution in [0.1, 0.15) is 39.0 Å². The molecular formula is C14H28N2O2. The smallest absolute Gasteiger partial charge is 0.248 e. The molecule has 1 fully saturated rings. The van der Waals surface area contributed by atoms with Gasteiger partial charge in [-0.05, 0) is 39.8 Å². The molecule has 4 nitrogen and oxygen atoms in total. The molecular weight excluding hydrogens is 228 g/mol. The van der Waals surface area contributed by atoms with Crippen molar-refractivity contribution in [3.63, 3.8) is 0 Å². The molecule has 1 aliphatic carbocycles. The Kier molecular flexibility index (Phi) is 6.65. The van der Waals surface area contributed by atoms with Crippen LogP contribution >= 0.6 is 0 Å². The van der Waals surface area contributed by atoms with Crippen LogP contribution in [0.25, 0.3) is 0 Å². The third kappa shape index (κ3) is 4.58. The molecule has 0 radical (unpaired) electrons. The van der Waals surface area contributed by atoms with Gasteiger partial charge in [-0.3, -0.25) is 4.79 Å². The first kappa shape index (κ1) is 15.4. The number of nitrogens with zero attached hydrogens (tertiary/aromatic N) is 1. The third-order valence-corrected chi connectivity index (χ3v) is 4.07. The average molecular weight is 256 g/mol. The molecule has 2 atom stereocenters. The van der Waals surface area contributed by atoms with Gasteiger partial charge in [-0.2, -0.15) is 0 Å². The molecule has 4 heteroatoms. The Balaban J connectivity index is 2.45. The second-order valence-corrected chi connectivity index (χ2v) is 5.55. The summed E-state index contributed by atoms with van der Waals surface area (Å²) in [6.45, 7) is 2.50. The average Bonchev–Trinajstić information content (AvgIpc) is 2.38. The molecule has 0 heterocycles. The van der Waals surface area contributed by atoms with E-state index in [1.165, 1.54) is 32.1 Å². The van der Waals surface area contributed by atoms with Crippen molar-refractivity contribution in [2.45, 2.75) is 51.2 Å². The summed E-state index contributed by atoms with van der Waals surface area (Å²) in [5.41, 5.74) is 0. The van der Waals surface area contributed by atoms with E-state index < -0.39 is 0 Å². The number of hydrogen-bond acceptors (Lipinski definition) is 3. The van der Waals surface area contributed by atoms with Crippen LogP contribution < -0.4 is 5.32 Å². The SMILES string of the molecule is CO[C@@H](C)C(=O)NC[C@@H](C1CCCCC1)N(C)C. The van der Waals surface area contributed by atoms with E-state index in [2.05, 4.69) is 24.3 Å². The monoisotopic (exact) mass is 256 g/mol. The highest BCUT2D eigenvalue weighted by Gasteiger charge is 2.26. The molecule has 1 amide bonds. The summed E-state index contributed by atoms with van der Waals surface area (Å²) in [5, 5.41) is 3.01. The van der Waals surface area contributed by atoms with Crippen molar-refractivity contribution in [2.75, 3.05) is 27.7 Å². The number of hydrogen-bond donors (Lipinski definition) is 1. The molecule has 0 aromatic carbocycles. The highest BCUT2D eigenvalue weighted by molar-refractivity contribution is 5.80. The minimum Gasteiger partial charge on any atom is -0.372 e. The lowest BCUT2D eigenvalue weighted by Crippen LogP contribution is -2.47. The van der Waals surface area contributed by atoms with E-state index in [4.69, 9.17) is 4.74 Å². The number of carbonyl (C=O) groups excluding carboxylic acids is 1. The van der Waals surface area contributed by atoms with Crippen LogP contribution in [0.5, 0.6) is 0 Å². The lowest BCUT2D eigenvalue weighted by Gasteiger charge is -2.35. The van der Waals surface area contributed by atoms with Crippen molar-refractivity contribution in [3.8, 4) is 0 Å². The summed E-state index contributed by atoms with van der Waals surface area (Å²) in [6.07, 6.45) is 6.24. The molecule has 1 saturated carbocycles. The van der Waals surface area contributed by atoms with Crippen molar-refractivity contribution in [2.24, 2.45) is 5.92 Å². The minimum absolute atomic E-state index is 0.0137. The Labute approximate surface area is 111 Å². The van der Waals surface area contributed by atoms with Gasteiger partial charge in [-0.15, -0.1) is 0 Å². The molecule has 0 spiro atoms. The predicted octanol–water partition coefficient (Wildman–Crippen LogP) is 1.65. The Morgan fingerprint density at radius 1 is 1.33 bits per heavy atom. The molecule has 1 aliphatic rings. The number of methoxy groups -OCH3 is 1. The topological polar surface area (TPSA) is 41.6 Å². The number of amides is 1. The lowest BCUT2D eigenvalue weighted by atomic mass is 9.83. The van der Waals surface area contributed by atoms with E-state index in [0.717, 1.165) is 6.54 Å². The molecule has 18 heavy (non-hydrogen) atoms. The third-order valence-electron chi connectivity index (χ3n) is 4.07. The highest BCUT2D eigenvalue weighted by atomic mass is 16.5. The van der Waals surface area contributed by atoms with Gasteiger partial charge >= 0.3 is 0 Å². The van der Waals surface area contributed by atoms with E-state index >= 15 is 0 Å². The Hall–Kier alpha value is -0.610. The number of nitrogens with one attached hydrogen (secondary N) is 1. The quantitative estimate of drug-likeness (QED) is 0.785. The summed E-state index contributed by atoms with van der Waals surface area (Å²) in [4.78, 5) is 14.0. The van der Waals surface area contributed by atoms with Crippen LogP contribution in [0.2, 0.25) is 0 Å². The Bertz CT molecular complexity index is 250. The fourth-order valence-corrected chi connectivity index (χ4v) is 2.75. The van der Waals surface area contributed by atoms with Gasteiger partial charge in [0.15, 0.2) is 0 Å². The normalized spacial score (nSPS) is 20.7. The van der Waals surface area contributed by atoms with E-state index in [1.807, 2.05) is 0 Å². The van der Waals surface area contributed by atoms with Gasteiger partial charge in [-0.25, -0.2) is 0 Å². The van der Waals surface area contributed by atoms with E-state index in [0.29, 0.717) is 12.0 Å². The molecule has 0 saturated heterocycles. The zero-order chi connectivity index (χ0) is 13.5. The van der Waals surface area contributed by atoms with Gasteiger partial charge in [0.05, 0.1) is 0 Å². The van der Waals surface area contributed by atoms with Gasteiger partial charge in [0.1, 0.15) is 6.10 Å². The summed E-state index contributed by atoms with van der Waals surface area (Å²) >= 11 is 0. The fourth-order valence-electron chi connectivity index (χ4n) is 2.75. The van der Waals surface area contributed by atoms with Crippen molar-refractivity contribution in [1.82, 2.24) is 10.2 Å². The second-order valence-electron chi connectivity index (χ2n) is 5.55. The zero-order valence-corrected chi connectivity index (χ0v) is 12.2. The first-order chi connectivity index (χ1) is 8.56. The van der Waals surface area contributed by atoms with Crippen molar-refractivity contribution in [1.29, 1.82) is 0 Å². The number of rotatable bonds is 6. The largest absolute Gasteiger partial charge is 0.372 e. The molecule has 106 valence electrons. The second kappa shape index (κ2) is 7.74. The van der Waals surface area contributed by atoms with Crippen molar-refractivity contribution >= 4 is 5.91 Å². The van der Waals surface area contributed by atoms with Gasteiger partial charge in [0.25, 0.3) is 0 Å². The minimum atomic E-state index is -0.362. The molecule has 0 bridgehead atoms. The molecule has 0 aromatic heterocycles. The molecule has 0 unspecified atom stereocenters. The summed E-state index contributed by atoms with van der Waals surface area (Å²) in [6, 6.07) is 0.443. The molecule has 0 aliphatic heterocycles. The first-order valence-electron chi connectivity index (χ1n) is 7.03. The lowest BCUT2D eigenvalue weighted by molar-refractivity contribution is -0.130. The Morgan fingerprint density at radius 2 is 1.94 bits per heavy atom. The summed E-state index contributed by atoms with van der Waals surface area (Å²) < 4.78 is 5.02. The first-order valence-corrected chi connectivity index (χ1v) is 7.03. The number of carbonyl (C=O) groups is 1. The molecule has 1 rings (SSSR count). The zero-order valence-electron chi connectivity index (χ0n) is 12.2. The standard InChI is InChI=1S/C14H28N2O2/c1-11(18-4)14(17)15-10-13(16(2)3)12-8-6-5-7-9-12/h11-13H,5-10H2,1-4H3,(H,15,17)/t11-,13-/m0/s1. The van der Waals surface area contributed by atoms with Gasteiger partial charge in [0, 0.05) is 19.7 Å². The van der Waals surface area contributed by atoms with Crippen molar-refractivity contribution < 1.29 is 9.53 Å². The van der Waals surface area contributed by atoms with E-state index in [-0.39, 0.29) is 12.0 Å². The molecule has 0 aromatic rings. The maximum absolute atomic E-state index is 11.7. The van der Waals surface area contributed by atoms with E-state index in [1.54, 1.807) is 14.0 Å². The van der Waals surface area contributed by atoms with Crippen LogP contribution in [-0.2, 0) is 9.53 Å². The maximum atomic E-state index is 11.7. The Morgan fingerprint density at radius 3 is 2.44 bits per heavy atom. The van der Waals surface area contributed by atoms with Crippen LogP contribution in [0.3, 0.4) is 0 Å². The van der Waals surface area contributed by atoms with Crippen LogP contribution in [-0.4, -0.2) is 50.7 Å². The summed E-state index contributed by atoms with van der Waals surface area (Å²) in [7, 11) is 5.77. The predicted molar refractivity (Wildman–Crippen MR) is 73.5 cm³/mol. The van der Waals surface area contributed by atoms with Gasteiger partial charge in [-0.1, -0.05) is 19.3 Å². The fraction of sp³-hybridized carbons (Fsp3) is 0.929. The molecule has 1 N–H and O–H groups in total. The maximum Gasteiger partial charge on any atom is 0.248 e. The van der Waals surface area contributed by atoms with Gasteiger partial charge < -0.3 is 15.0 Å². The number of likely N-dealkylation sites (N-methyl/N-ethyl adjacent to an activating group) is 1.